The Morgan fingerprint density at radius 1 is 1.05 bits per heavy atom. The molecule has 11 nitrogen and oxygen atoms in total. The highest BCUT2D eigenvalue weighted by Crippen LogP contribution is 2.35. The van der Waals surface area contributed by atoms with Crippen molar-refractivity contribution in [3.8, 4) is 17.0 Å². The number of aryl methyl sites for hydroxylation is 1. The Labute approximate surface area is 230 Å². The molecule has 1 aliphatic heterocycles. The largest absolute Gasteiger partial charge is 0.488 e. The number of amides is 3. The van der Waals surface area contributed by atoms with Crippen molar-refractivity contribution < 1.29 is 29.0 Å². The Morgan fingerprint density at radius 2 is 1.72 bits per heavy atom. The SMILES string of the molecule is Cn1nccc1-c1cc(NC(=O)Nc2ccc(Cl)cc2)ccc1OC1CC(C(=O)O)N(C(=O)OC(C)(C)C)C1. The van der Waals surface area contributed by atoms with Crippen LogP contribution < -0.4 is 15.4 Å². The highest BCUT2D eigenvalue weighted by Gasteiger charge is 2.43. The topological polar surface area (TPSA) is 135 Å². The van der Waals surface area contributed by atoms with Crippen molar-refractivity contribution >= 4 is 41.1 Å². The molecule has 0 aliphatic carbocycles. The van der Waals surface area contributed by atoms with Gasteiger partial charge in [-0.1, -0.05) is 11.6 Å². The smallest absolute Gasteiger partial charge is 0.411 e. The lowest BCUT2D eigenvalue weighted by Gasteiger charge is -2.26. The van der Waals surface area contributed by atoms with Crippen LogP contribution in [0.2, 0.25) is 5.02 Å². The third-order valence-corrected chi connectivity index (χ3v) is 6.16. The quantitative estimate of drug-likeness (QED) is 0.379. The number of likely N-dealkylation sites (tertiary alicyclic amines) is 1. The predicted octanol–water partition coefficient (Wildman–Crippen LogP) is 5.23. The number of carbonyl (C=O) groups excluding carboxylic acids is 2. The first-order valence-corrected chi connectivity index (χ1v) is 12.6. The molecule has 4 rings (SSSR count). The highest BCUT2D eigenvalue weighted by molar-refractivity contribution is 6.30. The molecule has 39 heavy (non-hydrogen) atoms. The van der Waals surface area contributed by atoms with E-state index >= 15 is 0 Å². The molecule has 3 amide bonds. The maximum Gasteiger partial charge on any atom is 0.411 e. The standard InChI is InChI=1S/C27H30ClN5O6/c1-27(2,3)39-26(37)33-15-19(14-22(33)24(34)35)38-23-10-9-18(13-20(23)21-11-12-29-32(21)4)31-25(36)30-17-7-5-16(28)6-8-17/h5-13,19,22H,14-15H2,1-4H3,(H,34,35)(H2,30,31,36). The summed E-state index contributed by atoms with van der Waals surface area (Å²) >= 11 is 5.90. The van der Waals surface area contributed by atoms with Crippen molar-refractivity contribution in [2.75, 3.05) is 17.2 Å². The number of carboxylic acid groups (broad SMARTS) is 1. The van der Waals surface area contributed by atoms with E-state index in [0.29, 0.717) is 33.4 Å². The zero-order valence-corrected chi connectivity index (χ0v) is 22.7. The van der Waals surface area contributed by atoms with Crippen LogP contribution in [0.25, 0.3) is 11.3 Å². The summed E-state index contributed by atoms with van der Waals surface area (Å²) in [4.78, 5) is 38.4. The van der Waals surface area contributed by atoms with Gasteiger partial charge in [0, 0.05) is 41.6 Å². The number of anilines is 2. The average molecular weight is 556 g/mol. The van der Waals surface area contributed by atoms with Gasteiger partial charge in [0.1, 0.15) is 23.5 Å². The van der Waals surface area contributed by atoms with Crippen LogP contribution in [0, 0.1) is 0 Å². The second-order valence-electron chi connectivity index (χ2n) is 10.1. The van der Waals surface area contributed by atoms with E-state index in [0.717, 1.165) is 0 Å². The normalized spacial score (nSPS) is 17.0. The van der Waals surface area contributed by atoms with Crippen LogP contribution in [-0.2, 0) is 16.6 Å². The Hall–Kier alpha value is -4.25. The van der Waals surface area contributed by atoms with Crippen molar-refractivity contribution in [3.05, 3.63) is 59.8 Å². The van der Waals surface area contributed by atoms with E-state index in [4.69, 9.17) is 21.1 Å². The van der Waals surface area contributed by atoms with Crippen molar-refractivity contribution in [3.63, 3.8) is 0 Å². The van der Waals surface area contributed by atoms with Crippen LogP contribution in [-0.4, -0.2) is 62.2 Å². The van der Waals surface area contributed by atoms with E-state index in [9.17, 15) is 19.5 Å². The minimum atomic E-state index is -1.13. The van der Waals surface area contributed by atoms with Gasteiger partial charge in [-0.3, -0.25) is 9.58 Å². The molecule has 2 atom stereocenters. The summed E-state index contributed by atoms with van der Waals surface area (Å²) in [7, 11) is 1.77. The molecule has 0 spiro atoms. The average Bonchev–Trinajstić information content (AvgIpc) is 3.47. The number of carboxylic acids is 1. The number of hydrogen-bond acceptors (Lipinski definition) is 6. The Morgan fingerprint density at radius 3 is 2.33 bits per heavy atom. The molecule has 1 aliphatic rings. The molecular weight excluding hydrogens is 526 g/mol. The first-order chi connectivity index (χ1) is 18.4. The second-order valence-corrected chi connectivity index (χ2v) is 10.5. The molecule has 0 saturated carbocycles. The summed E-state index contributed by atoms with van der Waals surface area (Å²) in [5.74, 6) is -0.687. The number of urea groups is 1. The van der Waals surface area contributed by atoms with Gasteiger partial charge in [0.25, 0.3) is 0 Å². The lowest BCUT2D eigenvalue weighted by Crippen LogP contribution is -2.43. The monoisotopic (exact) mass is 555 g/mol. The summed E-state index contributed by atoms with van der Waals surface area (Å²) in [5, 5.41) is 20.1. The molecule has 1 saturated heterocycles. The lowest BCUT2D eigenvalue weighted by atomic mass is 10.1. The molecule has 2 heterocycles. The van der Waals surface area contributed by atoms with Gasteiger partial charge in [-0.05, 0) is 69.3 Å². The van der Waals surface area contributed by atoms with E-state index in [1.807, 2.05) is 0 Å². The maximum absolute atomic E-state index is 12.7. The van der Waals surface area contributed by atoms with Crippen molar-refractivity contribution in [2.24, 2.45) is 7.05 Å². The zero-order chi connectivity index (χ0) is 28.3. The molecule has 2 aromatic carbocycles. The fourth-order valence-corrected chi connectivity index (χ4v) is 4.32. The first-order valence-electron chi connectivity index (χ1n) is 12.2. The van der Waals surface area contributed by atoms with Gasteiger partial charge in [0.15, 0.2) is 0 Å². The minimum Gasteiger partial charge on any atom is -0.488 e. The van der Waals surface area contributed by atoms with Gasteiger partial charge in [0.05, 0.1) is 12.2 Å². The van der Waals surface area contributed by atoms with E-state index in [1.165, 1.54) is 4.90 Å². The number of benzene rings is 2. The van der Waals surface area contributed by atoms with Crippen LogP contribution >= 0.6 is 11.6 Å². The van der Waals surface area contributed by atoms with Crippen molar-refractivity contribution in [1.29, 1.82) is 0 Å². The number of carbonyl (C=O) groups is 3. The van der Waals surface area contributed by atoms with Gasteiger partial charge >= 0.3 is 18.1 Å². The van der Waals surface area contributed by atoms with Gasteiger partial charge in [-0.15, -0.1) is 0 Å². The molecule has 3 N–H and O–H groups in total. The van der Waals surface area contributed by atoms with E-state index < -0.39 is 35.8 Å². The summed E-state index contributed by atoms with van der Waals surface area (Å²) < 4.78 is 13.3. The molecule has 12 heteroatoms. The minimum absolute atomic E-state index is 0.0419. The predicted molar refractivity (Wildman–Crippen MR) is 146 cm³/mol. The molecule has 206 valence electrons. The molecule has 0 radical (unpaired) electrons. The third kappa shape index (κ3) is 6.99. The number of halogens is 1. The fourth-order valence-electron chi connectivity index (χ4n) is 4.19. The number of aliphatic carboxylic acids is 1. The summed E-state index contributed by atoms with van der Waals surface area (Å²) in [6.45, 7) is 5.20. The summed E-state index contributed by atoms with van der Waals surface area (Å²) in [5.41, 5.74) is 1.64. The molecule has 1 fully saturated rings. The molecule has 0 bridgehead atoms. The van der Waals surface area contributed by atoms with E-state index in [2.05, 4.69) is 15.7 Å². The number of ether oxygens (including phenoxy) is 2. The lowest BCUT2D eigenvalue weighted by molar-refractivity contribution is -0.142. The van der Waals surface area contributed by atoms with Crippen LogP contribution in [0.15, 0.2) is 54.7 Å². The first kappa shape index (κ1) is 27.8. The number of nitrogens with zero attached hydrogens (tertiary/aromatic N) is 3. The number of rotatable bonds is 6. The van der Waals surface area contributed by atoms with Gasteiger partial charge in [-0.25, -0.2) is 14.4 Å². The Kier molecular flexibility index (Phi) is 8.01. The second kappa shape index (κ2) is 11.2. The fraction of sp³-hybridized carbons (Fsp3) is 0.333. The number of aromatic nitrogens is 2. The van der Waals surface area contributed by atoms with Crippen LogP contribution in [0.4, 0.5) is 21.0 Å². The van der Waals surface area contributed by atoms with Gasteiger partial charge < -0.3 is 25.2 Å². The Balaban J connectivity index is 1.55. The number of nitrogens with one attached hydrogen (secondary N) is 2. The summed E-state index contributed by atoms with van der Waals surface area (Å²) in [6, 6.07) is 12.1. The van der Waals surface area contributed by atoms with Gasteiger partial charge in [-0.2, -0.15) is 5.10 Å². The highest BCUT2D eigenvalue weighted by atomic mass is 35.5. The van der Waals surface area contributed by atoms with Crippen LogP contribution in [0.3, 0.4) is 0 Å². The van der Waals surface area contributed by atoms with Crippen molar-refractivity contribution in [2.45, 2.75) is 44.9 Å². The molecule has 3 aromatic rings. The molecule has 2 unspecified atom stereocenters. The molecular formula is C27H30ClN5O6. The van der Waals surface area contributed by atoms with Crippen LogP contribution in [0.1, 0.15) is 27.2 Å². The van der Waals surface area contributed by atoms with Gasteiger partial charge in [0.2, 0.25) is 0 Å². The van der Waals surface area contributed by atoms with E-state index in [1.54, 1.807) is 87.2 Å². The number of hydrogen-bond donors (Lipinski definition) is 3. The van der Waals surface area contributed by atoms with E-state index in [-0.39, 0.29) is 13.0 Å². The summed E-state index contributed by atoms with van der Waals surface area (Å²) in [6.07, 6.45) is 0.409. The Bertz CT molecular complexity index is 1370. The molecule has 1 aromatic heterocycles. The van der Waals surface area contributed by atoms with Crippen molar-refractivity contribution in [1.82, 2.24) is 14.7 Å². The zero-order valence-electron chi connectivity index (χ0n) is 22.0. The third-order valence-electron chi connectivity index (χ3n) is 5.91. The van der Waals surface area contributed by atoms with Crippen LogP contribution in [0.5, 0.6) is 5.75 Å². The maximum atomic E-state index is 12.7.